The van der Waals surface area contributed by atoms with Crippen LogP contribution in [0.15, 0.2) is 29.2 Å². The van der Waals surface area contributed by atoms with Crippen molar-refractivity contribution < 1.29 is 26.8 Å². The van der Waals surface area contributed by atoms with Crippen LogP contribution < -0.4 is 0 Å². The summed E-state index contributed by atoms with van der Waals surface area (Å²) in [7, 11) is -0.720. The maximum Gasteiger partial charge on any atom is 0.297 e. The van der Waals surface area contributed by atoms with E-state index in [-0.39, 0.29) is 17.6 Å². The third kappa shape index (κ3) is 3.49. The van der Waals surface area contributed by atoms with Crippen LogP contribution in [0.1, 0.15) is 18.9 Å². The maximum absolute atomic E-state index is 12.1. The summed E-state index contributed by atoms with van der Waals surface area (Å²) in [5, 5.41) is 0. The van der Waals surface area contributed by atoms with Crippen LogP contribution >= 0.6 is 0 Å². The Bertz CT molecular complexity index is 591. The van der Waals surface area contributed by atoms with Gasteiger partial charge in [-0.3, -0.25) is 4.18 Å². The monoisotopic (exact) mass is 330 g/mol. The van der Waals surface area contributed by atoms with Crippen LogP contribution in [0.5, 0.6) is 0 Å². The van der Waals surface area contributed by atoms with Gasteiger partial charge in [0.05, 0.1) is 17.6 Å². The Morgan fingerprint density at radius 3 is 2.32 bits per heavy atom. The van der Waals surface area contributed by atoms with Crippen LogP contribution in [0, 0.1) is 6.92 Å². The highest BCUT2D eigenvalue weighted by molar-refractivity contribution is 7.86. The van der Waals surface area contributed by atoms with Crippen molar-refractivity contribution in [2.75, 3.05) is 20.8 Å². The first-order chi connectivity index (χ1) is 10.3. The van der Waals surface area contributed by atoms with E-state index in [2.05, 4.69) is 0 Å². The quantitative estimate of drug-likeness (QED) is 0.586. The molecule has 0 radical (unpaired) electrons. The average molecular weight is 330 g/mol. The van der Waals surface area contributed by atoms with E-state index in [9.17, 15) is 8.42 Å². The van der Waals surface area contributed by atoms with Crippen molar-refractivity contribution in [3.63, 3.8) is 0 Å². The van der Waals surface area contributed by atoms with Gasteiger partial charge in [-0.15, -0.1) is 0 Å². The van der Waals surface area contributed by atoms with Crippen molar-refractivity contribution in [1.29, 1.82) is 0 Å². The normalized spacial score (nSPS) is 24.5. The number of rotatable bonds is 6. The molecule has 0 amide bonds. The van der Waals surface area contributed by atoms with Crippen molar-refractivity contribution in [1.82, 2.24) is 0 Å². The molecule has 124 valence electrons. The Morgan fingerprint density at radius 1 is 1.23 bits per heavy atom. The Balaban J connectivity index is 2.00. The molecule has 7 heteroatoms. The predicted octanol–water partition coefficient (Wildman–Crippen LogP) is 1.87. The van der Waals surface area contributed by atoms with Crippen molar-refractivity contribution in [2.24, 2.45) is 0 Å². The molecule has 0 saturated carbocycles. The smallest absolute Gasteiger partial charge is 0.297 e. The first-order valence-corrected chi connectivity index (χ1v) is 8.45. The van der Waals surface area contributed by atoms with Crippen LogP contribution in [0.2, 0.25) is 0 Å². The summed E-state index contributed by atoms with van der Waals surface area (Å²) in [5.74, 6) is -0.859. The summed E-state index contributed by atoms with van der Waals surface area (Å²) in [6, 6.07) is 6.51. The molecule has 0 N–H and O–H groups in total. The average Bonchev–Trinajstić information content (AvgIpc) is 2.82. The van der Waals surface area contributed by atoms with Gasteiger partial charge in [0, 0.05) is 20.6 Å². The number of benzene rings is 1. The van der Waals surface area contributed by atoms with E-state index in [1.165, 1.54) is 26.4 Å². The van der Waals surface area contributed by atoms with Gasteiger partial charge >= 0.3 is 0 Å². The van der Waals surface area contributed by atoms with E-state index in [0.717, 1.165) is 5.56 Å². The van der Waals surface area contributed by atoms with E-state index in [0.29, 0.717) is 6.42 Å². The lowest BCUT2D eigenvalue weighted by Gasteiger charge is -2.28. The SMILES string of the molecule is COC1(OC)CC(COS(=O)(=O)c2ccc(C)cc2)OC1C. The zero-order chi connectivity index (χ0) is 16.4. The van der Waals surface area contributed by atoms with Crippen molar-refractivity contribution in [2.45, 2.75) is 43.2 Å². The van der Waals surface area contributed by atoms with Crippen molar-refractivity contribution in [3.8, 4) is 0 Å². The predicted molar refractivity (Wildman–Crippen MR) is 80.0 cm³/mol. The van der Waals surface area contributed by atoms with Gasteiger partial charge in [-0.25, -0.2) is 0 Å². The van der Waals surface area contributed by atoms with Gasteiger partial charge < -0.3 is 14.2 Å². The second kappa shape index (κ2) is 6.64. The van der Waals surface area contributed by atoms with Crippen molar-refractivity contribution in [3.05, 3.63) is 29.8 Å². The fourth-order valence-electron chi connectivity index (χ4n) is 2.54. The molecule has 1 heterocycles. The number of ether oxygens (including phenoxy) is 3. The zero-order valence-corrected chi connectivity index (χ0v) is 14.1. The van der Waals surface area contributed by atoms with Gasteiger partial charge in [0.15, 0.2) is 5.79 Å². The number of hydrogen-bond acceptors (Lipinski definition) is 6. The van der Waals surface area contributed by atoms with Gasteiger partial charge in [-0.1, -0.05) is 17.7 Å². The second-order valence-corrected chi connectivity index (χ2v) is 6.99. The van der Waals surface area contributed by atoms with E-state index in [1.807, 2.05) is 13.8 Å². The molecule has 22 heavy (non-hydrogen) atoms. The highest BCUT2D eigenvalue weighted by atomic mass is 32.2. The molecule has 2 unspecified atom stereocenters. The first kappa shape index (κ1) is 17.4. The highest BCUT2D eigenvalue weighted by Crippen LogP contribution is 2.34. The third-order valence-corrected chi connectivity index (χ3v) is 5.23. The lowest BCUT2D eigenvalue weighted by atomic mass is 10.1. The summed E-state index contributed by atoms with van der Waals surface area (Å²) < 4.78 is 45.8. The fraction of sp³-hybridized carbons (Fsp3) is 0.600. The lowest BCUT2D eigenvalue weighted by Crippen LogP contribution is -2.40. The van der Waals surface area contributed by atoms with Gasteiger partial charge in [0.25, 0.3) is 10.1 Å². The molecule has 1 saturated heterocycles. The van der Waals surface area contributed by atoms with Crippen LogP contribution in [-0.4, -0.2) is 47.2 Å². The largest absolute Gasteiger partial charge is 0.367 e. The van der Waals surface area contributed by atoms with Gasteiger partial charge in [-0.05, 0) is 26.0 Å². The van der Waals surface area contributed by atoms with Gasteiger partial charge in [0.1, 0.15) is 6.10 Å². The highest BCUT2D eigenvalue weighted by Gasteiger charge is 2.47. The summed E-state index contributed by atoms with van der Waals surface area (Å²) in [4.78, 5) is 0.133. The van der Waals surface area contributed by atoms with Crippen molar-refractivity contribution >= 4 is 10.1 Å². The minimum atomic E-state index is -3.79. The summed E-state index contributed by atoms with van der Waals surface area (Å²) in [5.41, 5.74) is 0.983. The maximum atomic E-state index is 12.1. The molecule has 0 aromatic heterocycles. The van der Waals surface area contributed by atoms with E-state index in [4.69, 9.17) is 18.4 Å². The molecule has 0 bridgehead atoms. The summed E-state index contributed by atoms with van der Waals surface area (Å²) >= 11 is 0. The molecule has 0 aliphatic carbocycles. The van der Waals surface area contributed by atoms with Gasteiger partial charge in [-0.2, -0.15) is 8.42 Å². The Labute approximate surface area is 131 Å². The Hall–Kier alpha value is -0.990. The Kier molecular flexibility index (Phi) is 5.24. The fourth-order valence-corrected chi connectivity index (χ4v) is 3.48. The third-order valence-electron chi connectivity index (χ3n) is 3.94. The summed E-state index contributed by atoms with van der Waals surface area (Å²) in [6.45, 7) is 3.64. The molecule has 1 aromatic carbocycles. The number of hydrogen-bond donors (Lipinski definition) is 0. The molecule has 1 aromatic rings. The molecule has 1 aliphatic rings. The van der Waals surface area contributed by atoms with Gasteiger partial charge in [0.2, 0.25) is 0 Å². The number of aryl methyl sites for hydroxylation is 1. The second-order valence-electron chi connectivity index (χ2n) is 5.38. The van der Waals surface area contributed by atoms with E-state index >= 15 is 0 Å². The molecule has 1 aliphatic heterocycles. The van der Waals surface area contributed by atoms with Crippen LogP contribution in [0.4, 0.5) is 0 Å². The minimum absolute atomic E-state index is 0.0744. The van der Waals surface area contributed by atoms with E-state index in [1.54, 1.807) is 12.1 Å². The molecule has 0 spiro atoms. The minimum Gasteiger partial charge on any atom is -0.367 e. The Morgan fingerprint density at radius 2 is 1.82 bits per heavy atom. The molecular formula is C15H22O6S. The van der Waals surface area contributed by atoms with E-state index < -0.39 is 22.0 Å². The zero-order valence-electron chi connectivity index (χ0n) is 13.2. The first-order valence-electron chi connectivity index (χ1n) is 7.05. The lowest BCUT2D eigenvalue weighted by molar-refractivity contribution is -0.227. The summed E-state index contributed by atoms with van der Waals surface area (Å²) in [6.07, 6.45) is -0.307. The van der Waals surface area contributed by atoms with Crippen LogP contribution in [0.25, 0.3) is 0 Å². The molecule has 2 rings (SSSR count). The molecule has 6 nitrogen and oxygen atoms in total. The number of methoxy groups -OCH3 is 2. The molecule has 2 atom stereocenters. The van der Waals surface area contributed by atoms with Crippen LogP contribution in [-0.2, 0) is 28.5 Å². The molecular weight excluding hydrogens is 308 g/mol. The topological polar surface area (TPSA) is 71.1 Å². The van der Waals surface area contributed by atoms with Crippen LogP contribution in [0.3, 0.4) is 0 Å². The standard InChI is InChI=1S/C15H22O6S/c1-11-5-7-14(8-6-11)22(16,17)20-10-13-9-15(18-3,19-4)12(2)21-13/h5-8,12-13H,9-10H2,1-4H3. The molecule has 1 fully saturated rings.